The minimum absolute atomic E-state index is 0.0257. The summed E-state index contributed by atoms with van der Waals surface area (Å²) in [7, 11) is 0. The zero-order valence-corrected chi connectivity index (χ0v) is 14.9. The van der Waals surface area contributed by atoms with E-state index in [9.17, 15) is 4.79 Å². The van der Waals surface area contributed by atoms with Crippen LogP contribution in [0.3, 0.4) is 0 Å². The first kappa shape index (κ1) is 17.5. The van der Waals surface area contributed by atoms with Crippen molar-refractivity contribution in [2.24, 2.45) is 0 Å². The highest BCUT2D eigenvalue weighted by atomic mass is 16.5. The van der Waals surface area contributed by atoms with E-state index >= 15 is 0 Å². The van der Waals surface area contributed by atoms with E-state index in [-0.39, 0.29) is 18.4 Å². The summed E-state index contributed by atoms with van der Waals surface area (Å²) >= 11 is 0. The summed E-state index contributed by atoms with van der Waals surface area (Å²) in [6.45, 7) is 5.60. The molecule has 3 rings (SSSR count). The molecule has 1 aromatic carbocycles. The Kier molecular flexibility index (Phi) is 5.68. The normalized spacial score (nSPS) is 15.4. The summed E-state index contributed by atoms with van der Waals surface area (Å²) in [6.07, 6.45) is 3.47. The van der Waals surface area contributed by atoms with Crippen molar-refractivity contribution in [3.05, 3.63) is 41.5 Å². The third-order valence-electron chi connectivity index (χ3n) is 4.69. The fraction of sp³-hybridized carbons (Fsp3) is 0.526. The number of rotatable bonds is 6. The van der Waals surface area contributed by atoms with Crippen LogP contribution in [0.5, 0.6) is 5.75 Å². The molecule has 0 saturated carbocycles. The van der Waals surface area contributed by atoms with E-state index in [4.69, 9.17) is 9.26 Å². The molecule has 25 heavy (non-hydrogen) atoms. The summed E-state index contributed by atoms with van der Waals surface area (Å²) in [5, 5.41) is 3.95. The molecule has 0 atom stereocenters. The first-order valence-corrected chi connectivity index (χ1v) is 9.01. The van der Waals surface area contributed by atoms with Crippen LogP contribution >= 0.6 is 0 Å². The van der Waals surface area contributed by atoms with Gasteiger partial charge in [0.15, 0.2) is 12.4 Å². The number of hydrogen-bond donors (Lipinski definition) is 0. The number of aryl methyl sites for hydroxylation is 2. The largest absolute Gasteiger partial charge is 0.484 e. The molecule has 0 bridgehead atoms. The third kappa shape index (κ3) is 4.38. The summed E-state index contributed by atoms with van der Waals surface area (Å²) in [4.78, 5) is 18.6. The van der Waals surface area contributed by atoms with E-state index in [1.807, 2.05) is 36.1 Å². The van der Waals surface area contributed by atoms with E-state index < -0.39 is 0 Å². The number of nitrogens with zero attached hydrogens (tertiary/aromatic N) is 3. The second-order valence-electron chi connectivity index (χ2n) is 6.34. The Morgan fingerprint density at radius 1 is 1.20 bits per heavy atom. The Labute approximate surface area is 148 Å². The van der Waals surface area contributed by atoms with E-state index in [1.165, 1.54) is 5.56 Å². The molecule has 6 heteroatoms. The number of likely N-dealkylation sites (tertiary alicyclic amines) is 1. The van der Waals surface area contributed by atoms with Crippen LogP contribution in [0.25, 0.3) is 0 Å². The predicted octanol–water partition coefficient (Wildman–Crippen LogP) is 2.98. The van der Waals surface area contributed by atoms with Gasteiger partial charge in [-0.1, -0.05) is 31.1 Å². The standard InChI is InChI=1S/C19H25N3O3/c1-3-14-5-7-16(8-6-14)24-13-18(23)22-11-9-15(10-12-22)19-20-17(4-2)21-25-19/h5-8,15H,3-4,9-13H2,1-2H3. The van der Waals surface area contributed by atoms with Crippen LogP contribution in [0.4, 0.5) is 0 Å². The Morgan fingerprint density at radius 3 is 2.52 bits per heavy atom. The van der Waals surface area contributed by atoms with Crippen molar-refractivity contribution in [2.45, 2.75) is 45.4 Å². The van der Waals surface area contributed by atoms with Gasteiger partial charge in [-0.25, -0.2) is 0 Å². The van der Waals surface area contributed by atoms with Gasteiger partial charge in [0.1, 0.15) is 5.75 Å². The summed E-state index contributed by atoms with van der Waals surface area (Å²) < 4.78 is 10.9. The molecule has 0 unspecified atom stereocenters. The molecule has 2 aromatic rings. The summed E-state index contributed by atoms with van der Waals surface area (Å²) in [5.74, 6) is 2.46. The van der Waals surface area contributed by atoms with Gasteiger partial charge in [0, 0.05) is 25.4 Å². The smallest absolute Gasteiger partial charge is 0.260 e. The van der Waals surface area contributed by atoms with E-state index in [0.717, 1.165) is 37.3 Å². The van der Waals surface area contributed by atoms with Crippen molar-refractivity contribution >= 4 is 5.91 Å². The van der Waals surface area contributed by atoms with Crippen molar-refractivity contribution in [2.75, 3.05) is 19.7 Å². The number of hydrogen-bond acceptors (Lipinski definition) is 5. The molecule has 6 nitrogen and oxygen atoms in total. The van der Waals surface area contributed by atoms with Crippen LogP contribution < -0.4 is 4.74 Å². The fourth-order valence-electron chi connectivity index (χ4n) is 3.01. The average Bonchev–Trinajstić information content (AvgIpc) is 3.16. The molecule has 1 aliphatic heterocycles. The van der Waals surface area contributed by atoms with E-state index in [2.05, 4.69) is 17.1 Å². The molecule has 1 saturated heterocycles. The number of ether oxygens (including phenoxy) is 1. The quantitative estimate of drug-likeness (QED) is 0.806. The highest BCUT2D eigenvalue weighted by Gasteiger charge is 2.27. The second kappa shape index (κ2) is 8.14. The SMILES string of the molecule is CCc1ccc(OCC(=O)N2CCC(c3nc(CC)no3)CC2)cc1. The maximum Gasteiger partial charge on any atom is 0.260 e. The second-order valence-corrected chi connectivity index (χ2v) is 6.34. The Morgan fingerprint density at radius 2 is 1.92 bits per heavy atom. The van der Waals surface area contributed by atoms with Crippen LogP contribution in [0.15, 0.2) is 28.8 Å². The topological polar surface area (TPSA) is 68.5 Å². The highest BCUT2D eigenvalue weighted by Crippen LogP contribution is 2.27. The van der Waals surface area contributed by atoms with Gasteiger partial charge in [0.2, 0.25) is 5.89 Å². The lowest BCUT2D eigenvalue weighted by molar-refractivity contribution is -0.134. The minimum atomic E-state index is 0.0257. The summed E-state index contributed by atoms with van der Waals surface area (Å²) in [6, 6.07) is 7.89. The maximum atomic E-state index is 12.3. The molecule has 1 aliphatic rings. The van der Waals surface area contributed by atoms with Gasteiger partial charge in [-0.05, 0) is 37.0 Å². The summed E-state index contributed by atoms with van der Waals surface area (Å²) in [5.41, 5.74) is 1.26. The lowest BCUT2D eigenvalue weighted by Gasteiger charge is -2.30. The first-order chi connectivity index (χ1) is 12.2. The number of carbonyl (C=O) groups is 1. The fourth-order valence-corrected chi connectivity index (χ4v) is 3.01. The van der Waals surface area contributed by atoms with Crippen LogP contribution in [0.1, 0.15) is 49.9 Å². The molecule has 1 aromatic heterocycles. The Hall–Kier alpha value is -2.37. The van der Waals surface area contributed by atoms with Crippen molar-refractivity contribution < 1.29 is 14.1 Å². The Bertz CT molecular complexity index is 688. The minimum Gasteiger partial charge on any atom is -0.484 e. The van der Waals surface area contributed by atoms with Gasteiger partial charge in [-0.3, -0.25) is 4.79 Å². The van der Waals surface area contributed by atoms with Gasteiger partial charge in [0.05, 0.1) is 0 Å². The van der Waals surface area contributed by atoms with Crippen LogP contribution in [-0.4, -0.2) is 40.6 Å². The van der Waals surface area contributed by atoms with Gasteiger partial charge in [-0.15, -0.1) is 0 Å². The number of benzene rings is 1. The lowest BCUT2D eigenvalue weighted by atomic mass is 9.97. The highest BCUT2D eigenvalue weighted by molar-refractivity contribution is 5.77. The lowest BCUT2D eigenvalue weighted by Crippen LogP contribution is -2.40. The zero-order chi connectivity index (χ0) is 17.6. The Balaban J connectivity index is 1.46. The molecule has 1 amide bonds. The maximum absolute atomic E-state index is 12.3. The number of piperidine rings is 1. The number of carbonyl (C=O) groups excluding carboxylic acids is 1. The molecule has 0 N–H and O–H groups in total. The molecular weight excluding hydrogens is 318 g/mol. The molecule has 0 spiro atoms. The zero-order valence-electron chi connectivity index (χ0n) is 14.9. The molecule has 0 radical (unpaired) electrons. The van der Waals surface area contributed by atoms with Crippen molar-refractivity contribution in [1.82, 2.24) is 15.0 Å². The first-order valence-electron chi connectivity index (χ1n) is 9.01. The number of aromatic nitrogens is 2. The third-order valence-corrected chi connectivity index (χ3v) is 4.69. The van der Waals surface area contributed by atoms with Crippen LogP contribution in [-0.2, 0) is 17.6 Å². The van der Waals surface area contributed by atoms with Gasteiger partial charge < -0.3 is 14.2 Å². The van der Waals surface area contributed by atoms with Crippen LogP contribution in [0.2, 0.25) is 0 Å². The molecule has 1 fully saturated rings. The van der Waals surface area contributed by atoms with Crippen molar-refractivity contribution in [1.29, 1.82) is 0 Å². The molecule has 134 valence electrons. The monoisotopic (exact) mass is 343 g/mol. The van der Waals surface area contributed by atoms with Crippen molar-refractivity contribution in [3.63, 3.8) is 0 Å². The molecular formula is C19H25N3O3. The molecule has 2 heterocycles. The number of amides is 1. The van der Waals surface area contributed by atoms with Crippen molar-refractivity contribution in [3.8, 4) is 5.75 Å². The average molecular weight is 343 g/mol. The van der Waals surface area contributed by atoms with E-state index in [0.29, 0.717) is 19.0 Å². The molecule has 0 aliphatic carbocycles. The van der Waals surface area contributed by atoms with Crippen LogP contribution in [0, 0.1) is 0 Å². The van der Waals surface area contributed by atoms with E-state index in [1.54, 1.807) is 0 Å². The predicted molar refractivity (Wildman–Crippen MR) is 93.5 cm³/mol. The van der Waals surface area contributed by atoms with Gasteiger partial charge >= 0.3 is 0 Å². The van der Waals surface area contributed by atoms with Gasteiger partial charge in [0.25, 0.3) is 5.91 Å². The van der Waals surface area contributed by atoms with Gasteiger partial charge in [-0.2, -0.15) is 4.98 Å².